The SMILES string of the molecule is CC(=O)N[C@@H](CS)C(=O)OO. The molecule has 64 valence electrons. The van der Waals surface area contributed by atoms with Crippen LogP contribution < -0.4 is 5.32 Å². The molecule has 0 heterocycles. The molecule has 1 atom stereocenters. The zero-order chi connectivity index (χ0) is 8.85. The Hall–Kier alpha value is -0.750. The van der Waals surface area contributed by atoms with Crippen LogP contribution in [0, 0.1) is 0 Å². The lowest BCUT2D eigenvalue weighted by Crippen LogP contribution is -2.41. The van der Waals surface area contributed by atoms with Crippen molar-refractivity contribution in [2.45, 2.75) is 13.0 Å². The summed E-state index contributed by atoms with van der Waals surface area (Å²) in [7, 11) is 0. The van der Waals surface area contributed by atoms with E-state index in [1.165, 1.54) is 6.92 Å². The first-order chi connectivity index (χ1) is 5.11. The van der Waals surface area contributed by atoms with Crippen molar-refractivity contribution < 1.29 is 19.7 Å². The van der Waals surface area contributed by atoms with Gasteiger partial charge in [0.2, 0.25) is 5.91 Å². The summed E-state index contributed by atoms with van der Waals surface area (Å²) in [5.41, 5.74) is 0. The van der Waals surface area contributed by atoms with Gasteiger partial charge in [-0.05, 0) is 0 Å². The van der Waals surface area contributed by atoms with Gasteiger partial charge in [-0.1, -0.05) is 0 Å². The summed E-state index contributed by atoms with van der Waals surface area (Å²) in [6, 6.07) is -0.888. The van der Waals surface area contributed by atoms with Gasteiger partial charge in [0.05, 0.1) is 0 Å². The molecule has 6 heteroatoms. The van der Waals surface area contributed by atoms with Gasteiger partial charge in [0.25, 0.3) is 0 Å². The molecule has 0 unspecified atom stereocenters. The second-order valence-electron chi connectivity index (χ2n) is 1.85. The molecular formula is C5H9NO4S. The predicted molar refractivity (Wildman–Crippen MR) is 40.2 cm³/mol. The number of rotatable bonds is 3. The zero-order valence-corrected chi connectivity index (χ0v) is 6.80. The Morgan fingerprint density at radius 2 is 2.27 bits per heavy atom. The molecule has 0 rings (SSSR count). The molecule has 5 nitrogen and oxygen atoms in total. The highest BCUT2D eigenvalue weighted by molar-refractivity contribution is 7.80. The standard InChI is InChI=1S/C5H9NO4S/c1-3(7)6-4(2-11)5(8)10-9/h4,9,11H,2H2,1H3,(H,6,7)/t4-/m0/s1. The highest BCUT2D eigenvalue weighted by atomic mass is 32.1. The summed E-state index contributed by atoms with van der Waals surface area (Å²) >= 11 is 3.76. The van der Waals surface area contributed by atoms with E-state index >= 15 is 0 Å². The van der Waals surface area contributed by atoms with Crippen LogP contribution >= 0.6 is 12.6 Å². The third-order valence-corrected chi connectivity index (χ3v) is 1.30. The molecule has 0 aromatic carbocycles. The number of carbonyl (C=O) groups excluding carboxylic acids is 2. The van der Waals surface area contributed by atoms with E-state index in [0.29, 0.717) is 0 Å². The van der Waals surface area contributed by atoms with Crippen LogP contribution in [0.25, 0.3) is 0 Å². The molecule has 1 amide bonds. The Labute approximate surface area is 69.1 Å². The number of thiol groups is 1. The lowest BCUT2D eigenvalue weighted by molar-refractivity contribution is -0.236. The third kappa shape index (κ3) is 3.84. The van der Waals surface area contributed by atoms with Crippen LogP contribution in [-0.2, 0) is 14.5 Å². The first kappa shape index (κ1) is 10.2. The number of nitrogens with one attached hydrogen (secondary N) is 1. The Bertz CT molecular complexity index is 161. The van der Waals surface area contributed by atoms with Gasteiger partial charge in [-0.25, -0.2) is 4.79 Å². The maximum atomic E-state index is 10.5. The van der Waals surface area contributed by atoms with Gasteiger partial charge in [-0.15, -0.1) is 0 Å². The van der Waals surface area contributed by atoms with Gasteiger partial charge >= 0.3 is 5.97 Å². The fourth-order valence-electron chi connectivity index (χ4n) is 0.488. The van der Waals surface area contributed by atoms with E-state index < -0.39 is 12.0 Å². The minimum Gasteiger partial charge on any atom is -0.342 e. The summed E-state index contributed by atoms with van der Waals surface area (Å²) < 4.78 is 0. The van der Waals surface area contributed by atoms with Crippen LogP contribution in [0.4, 0.5) is 0 Å². The van der Waals surface area contributed by atoms with Gasteiger partial charge in [0.15, 0.2) is 0 Å². The van der Waals surface area contributed by atoms with E-state index in [0.717, 1.165) is 0 Å². The van der Waals surface area contributed by atoms with Crippen LogP contribution in [0.3, 0.4) is 0 Å². The first-order valence-electron chi connectivity index (χ1n) is 2.85. The summed E-state index contributed by atoms with van der Waals surface area (Å²) in [6.45, 7) is 1.25. The Balaban J connectivity index is 3.94. The fraction of sp³-hybridized carbons (Fsp3) is 0.600. The molecule has 2 N–H and O–H groups in total. The van der Waals surface area contributed by atoms with Crippen LogP contribution in [-0.4, -0.2) is 28.9 Å². The molecule has 0 saturated carbocycles. The number of amides is 1. The van der Waals surface area contributed by atoms with E-state index in [1.807, 2.05) is 0 Å². The van der Waals surface area contributed by atoms with E-state index in [9.17, 15) is 9.59 Å². The van der Waals surface area contributed by atoms with Gasteiger partial charge in [0, 0.05) is 12.7 Å². The monoisotopic (exact) mass is 179 g/mol. The molecule has 0 aliphatic rings. The minimum atomic E-state index is -0.921. The molecule has 0 fully saturated rings. The summed E-state index contributed by atoms with van der Waals surface area (Å²) in [6.07, 6.45) is 0. The average molecular weight is 179 g/mol. The van der Waals surface area contributed by atoms with Crippen molar-refractivity contribution >= 4 is 24.5 Å². The maximum Gasteiger partial charge on any atom is 0.364 e. The largest absolute Gasteiger partial charge is 0.364 e. The number of hydrogen-bond donors (Lipinski definition) is 3. The van der Waals surface area contributed by atoms with E-state index in [4.69, 9.17) is 5.26 Å². The quantitative estimate of drug-likeness (QED) is 0.308. The lowest BCUT2D eigenvalue weighted by atomic mass is 10.3. The van der Waals surface area contributed by atoms with Crippen molar-refractivity contribution in [3.63, 3.8) is 0 Å². The topological polar surface area (TPSA) is 75.6 Å². The van der Waals surface area contributed by atoms with Gasteiger partial charge in [-0.2, -0.15) is 17.9 Å². The van der Waals surface area contributed by atoms with Crippen molar-refractivity contribution in [3.05, 3.63) is 0 Å². The second kappa shape index (κ2) is 4.97. The fourth-order valence-corrected chi connectivity index (χ4v) is 0.728. The molecular weight excluding hydrogens is 170 g/mol. The number of hydrogen-bond acceptors (Lipinski definition) is 5. The first-order valence-corrected chi connectivity index (χ1v) is 3.48. The Morgan fingerprint density at radius 1 is 1.73 bits per heavy atom. The van der Waals surface area contributed by atoms with Gasteiger partial charge < -0.3 is 5.32 Å². The van der Waals surface area contributed by atoms with Crippen LogP contribution in [0.5, 0.6) is 0 Å². The molecule has 11 heavy (non-hydrogen) atoms. The highest BCUT2D eigenvalue weighted by Gasteiger charge is 2.18. The third-order valence-electron chi connectivity index (χ3n) is 0.935. The van der Waals surface area contributed by atoms with E-state index in [2.05, 4.69) is 22.8 Å². The maximum absolute atomic E-state index is 10.5. The minimum absolute atomic E-state index is 0.0823. The Morgan fingerprint density at radius 3 is 2.55 bits per heavy atom. The van der Waals surface area contributed by atoms with Crippen LogP contribution in [0.1, 0.15) is 6.92 Å². The molecule has 0 saturated heterocycles. The van der Waals surface area contributed by atoms with E-state index in [-0.39, 0.29) is 11.7 Å². The van der Waals surface area contributed by atoms with E-state index in [1.54, 1.807) is 0 Å². The predicted octanol–water partition coefficient (Wildman–Crippen LogP) is -0.563. The summed E-state index contributed by atoms with van der Waals surface area (Å²) in [4.78, 5) is 24.3. The molecule has 0 aromatic heterocycles. The molecule has 0 aliphatic carbocycles. The summed E-state index contributed by atoms with van der Waals surface area (Å²) in [5.74, 6) is -1.22. The molecule has 0 aliphatic heterocycles. The smallest absolute Gasteiger partial charge is 0.342 e. The lowest BCUT2D eigenvalue weighted by Gasteiger charge is -2.10. The van der Waals surface area contributed by atoms with Crippen molar-refractivity contribution in [1.82, 2.24) is 5.32 Å². The van der Waals surface area contributed by atoms with Crippen molar-refractivity contribution in [2.75, 3.05) is 5.75 Å². The van der Waals surface area contributed by atoms with Crippen molar-refractivity contribution in [3.8, 4) is 0 Å². The van der Waals surface area contributed by atoms with Crippen molar-refractivity contribution in [1.29, 1.82) is 0 Å². The number of carbonyl (C=O) groups is 2. The molecule has 0 spiro atoms. The normalized spacial score (nSPS) is 11.9. The van der Waals surface area contributed by atoms with Crippen molar-refractivity contribution in [2.24, 2.45) is 0 Å². The molecule has 0 aromatic rings. The Kier molecular flexibility index (Phi) is 4.64. The van der Waals surface area contributed by atoms with Gasteiger partial charge in [-0.3, -0.25) is 9.68 Å². The summed E-state index contributed by atoms with van der Waals surface area (Å²) in [5, 5.41) is 10.1. The zero-order valence-electron chi connectivity index (χ0n) is 5.90. The van der Waals surface area contributed by atoms with Crippen LogP contribution in [0.15, 0.2) is 0 Å². The highest BCUT2D eigenvalue weighted by Crippen LogP contribution is 1.90. The second-order valence-corrected chi connectivity index (χ2v) is 2.21. The van der Waals surface area contributed by atoms with Crippen LogP contribution in [0.2, 0.25) is 0 Å². The molecule has 0 bridgehead atoms. The van der Waals surface area contributed by atoms with Gasteiger partial charge in [0.1, 0.15) is 6.04 Å². The molecule has 0 radical (unpaired) electrons. The average Bonchev–Trinajstić information content (AvgIpc) is 1.98.